The highest BCUT2D eigenvalue weighted by atomic mass is 14.3. The van der Waals surface area contributed by atoms with Crippen molar-refractivity contribution >= 4 is 0 Å². The van der Waals surface area contributed by atoms with Crippen molar-refractivity contribution in [2.75, 3.05) is 0 Å². The van der Waals surface area contributed by atoms with Crippen LogP contribution in [0.1, 0.15) is 113 Å². The van der Waals surface area contributed by atoms with Crippen LogP contribution >= 0.6 is 0 Å². The number of rotatable bonds is 11. The lowest BCUT2D eigenvalue weighted by Gasteiger charge is -2.34. The molecule has 0 bridgehead atoms. The van der Waals surface area contributed by atoms with E-state index in [9.17, 15) is 0 Å². The van der Waals surface area contributed by atoms with Crippen LogP contribution in [0.3, 0.4) is 0 Å². The van der Waals surface area contributed by atoms with Crippen molar-refractivity contribution in [1.29, 1.82) is 0 Å². The highest BCUT2D eigenvalue weighted by molar-refractivity contribution is 5.49. The van der Waals surface area contributed by atoms with Gasteiger partial charge in [0.2, 0.25) is 0 Å². The molecule has 1 fully saturated rings. The van der Waals surface area contributed by atoms with E-state index in [1.54, 1.807) is 0 Å². The third kappa shape index (κ3) is 9.11. The van der Waals surface area contributed by atoms with Gasteiger partial charge in [0.15, 0.2) is 0 Å². The number of allylic oxidation sites excluding steroid dienone is 5. The lowest BCUT2D eigenvalue weighted by molar-refractivity contribution is 0.173. The quantitative estimate of drug-likeness (QED) is 0.278. The van der Waals surface area contributed by atoms with Crippen molar-refractivity contribution in [2.24, 2.45) is 35.0 Å². The number of hydrogen-bond donors (Lipinski definition) is 0. The molecule has 0 heteroatoms. The molecule has 2 rings (SSSR count). The van der Waals surface area contributed by atoms with Gasteiger partial charge in [-0.15, -0.1) is 0 Å². The Morgan fingerprint density at radius 1 is 1.00 bits per heavy atom. The van der Waals surface area contributed by atoms with Gasteiger partial charge in [-0.2, -0.15) is 0 Å². The molecule has 0 radical (unpaired) electrons. The van der Waals surface area contributed by atoms with E-state index in [0.29, 0.717) is 11.8 Å². The third-order valence-corrected chi connectivity index (χ3v) is 8.62. The van der Waals surface area contributed by atoms with Gasteiger partial charge in [-0.25, -0.2) is 0 Å². The Balaban J connectivity index is 2.21. The summed E-state index contributed by atoms with van der Waals surface area (Å²) >= 11 is 0. The fraction of sp³-hybridized carbons (Fsp3) is 0.657. The SMILES string of the molecule is C=C(C(=C/C)/C(=C(/C)CC(C)(C)C)C(C)Cc1ccccc1)C(C)CCC(C)C1CCCCC1C. The van der Waals surface area contributed by atoms with Crippen molar-refractivity contribution in [1.82, 2.24) is 0 Å². The van der Waals surface area contributed by atoms with Crippen LogP contribution in [0.15, 0.2) is 65.3 Å². The maximum atomic E-state index is 4.72. The Hall–Kier alpha value is -1.56. The van der Waals surface area contributed by atoms with Gasteiger partial charge in [0, 0.05) is 0 Å². The standard InChI is InChI=1S/C35H56/c1-11-32(30(7)25(2)21-22-27(4)33-20-16-15-17-26(33)3)34(29(6)24-35(8,9)10)28(5)23-31-18-13-12-14-19-31/h11-14,18-19,25-28,33H,7,15-17,20-24H2,1-6,8-10H3/b32-11-,34-29-. The van der Waals surface area contributed by atoms with Crippen LogP contribution in [0, 0.1) is 35.0 Å². The van der Waals surface area contributed by atoms with Gasteiger partial charge in [-0.1, -0.05) is 116 Å². The fourth-order valence-corrected chi connectivity index (χ4v) is 6.75. The first-order chi connectivity index (χ1) is 16.4. The van der Waals surface area contributed by atoms with E-state index < -0.39 is 0 Å². The lowest BCUT2D eigenvalue weighted by atomic mass is 9.71. The van der Waals surface area contributed by atoms with Gasteiger partial charge >= 0.3 is 0 Å². The first-order valence-electron chi connectivity index (χ1n) is 14.5. The Bertz CT molecular complexity index is 844. The highest BCUT2D eigenvalue weighted by Crippen LogP contribution is 2.40. The fourth-order valence-electron chi connectivity index (χ4n) is 6.75. The van der Waals surface area contributed by atoms with E-state index >= 15 is 0 Å². The molecule has 1 aliphatic rings. The minimum absolute atomic E-state index is 0.278. The molecule has 0 amide bonds. The van der Waals surface area contributed by atoms with Crippen LogP contribution in [-0.2, 0) is 6.42 Å². The van der Waals surface area contributed by atoms with Crippen LogP contribution in [0.5, 0.6) is 0 Å². The summed E-state index contributed by atoms with van der Waals surface area (Å²) in [5, 5.41) is 0. The van der Waals surface area contributed by atoms with E-state index in [1.807, 2.05) is 0 Å². The molecule has 1 aromatic carbocycles. The molecule has 0 aromatic heterocycles. The second kappa shape index (κ2) is 13.7. The third-order valence-electron chi connectivity index (χ3n) is 8.62. The zero-order valence-electron chi connectivity index (χ0n) is 24.7. The van der Waals surface area contributed by atoms with Gasteiger partial charge in [0.1, 0.15) is 0 Å². The maximum Gasteiger partial charge on any atom is -0.0145 e. The summed E-state index contributed by atoms with van der Waals surface area (Å²) in [6.07, 6.45) is 12.9. The monoisotopic (exact) mass is 476 g/mol. The zero-order valence-corrected chi connectivity index (χ0v) is 24.7. The molecule has 0 saturated heterocycles. The Kier molecular flexibility index (Phi) is 11.6. The second-order valence-corrected chi connectivity index (χ2v) is 13.1. The minimum Gasteiger partial charge on any atom is -0.0950 e. The normalized spacial score (nSPS) is 22.8. The number of hydrogen-bond acceptors (Lipinski definition) is 0. The zero-order chi connectivity index (χ0) is 26.2. The average molecular weight is 477 g/mol. The van der Waals surface area contributed by atoms with E-state index in [4.69, 9.17) is 6.58 Å². The van der Waals surface area contributed by atoms with Crippen LogP contribution in [0.2, 0.25) is 0 Å². The Morgan fingerprint density at radius 3 is 2.20 bits per heavy atom. The van der Waals surface area contributed by atoms with Crippen molar-refractivity contribution in [3.05, 3.63) is 70.8 Å². The van der Waals surface area contributed by atoms with Gasteiger partial charge in [0.05, 0.1) is 0 Å². The molecule has 5 unspecified atom stereocenters. The van der Waals surface area contributed by atoms with Gasteiger partial charge in [0.25, 0.3) is 0 Å². The van der Waals surface area contributed by atoms with E-state index in [2.05, 4.69) is 98.7 Å². The smallest absolute Gasteiger partial charge is 0.0145 e. The molecule has 1 aromatic rings. The van der Waals surface area contributed by atoms with Crippen molar-refractivity contribution in [3.8, 4) is 0 Å². The van der Waals surface area contributed by atoms with Gasteiger partial charge in [-0.3, -0.25) is 0 Å². The predicted octanol–water partition coefficient (Wildman–Crippen LogP) is 11.0. The molecule has 35 heavy (non-hydrogen) atoms. The van der Waals surface area contributed by atoms with E-state index in [1.165, 1.54) is 66.4 Å². The molecule has 196 valence electrons. The summed E-state index contributed by atoms with van der Waals surface area (Å²) in [6.45, 7) is 26.2. The molecular formula is C35H56. The minimum atomic E-state index is 0.278. The largest absolute Gasteiger partial charge is 0.0950 e. The molecule has 1 aliphatic carbocycles. The summed E-state index contributed by atoms with van der Waals surface area (Å²) in [4.78, 5) is 0. The van der Waals surface area contributed by atoms with Crippen molar-refractivity contribution in [2.45, 2.75) is 114 Å². The first-order valence-corrected chi connectivity index (χ1v) is 14.5. The summed E-state index contributed by atoms with van der Waals surface area (Å²) < 4.78 is 0. The van der Waals surface area contributed by atoms with Crippen LogP contribution in [-0.4, -0.2) is 0 Å². The first kappa shape index (κ1) is 29.7. The summed E-state index contributed by atoms with van der Waals surface area (Å²) in [5.74, 6) is 3.63. The topological polar surface area (TPSA) is 0 Å². The van der Waals surface area contributed by atoms with Gasteiger partial charge in [-0.05, 0) is 103 Å². The van der Waals surface area contributed by atoms with Gasteiger partial charge < -0.3 is 0 Å². The highest BCUT2D eigenvalue weighted by Gasteiger charge is 2.28. The molecular weight excluding hydrogens is 420 g/mol. The molecule has 0 nitrogen and oxygen atoms in total. The average Bonchev–Trinajstić information content (AvgIpc) is 2.79. The van der Waals surface area contributed by atoms with Crippen molar-refractivity contribution in [3.63, 3.8) is 0 Å². The molecule has 0 aliphatic heterocycles. The molecule has 1 saturated carbocycles. The summed E-state index contributed by atoms with van der Waals surface area (Å²) in [6, 6.07) is 11.0. The van der Waals surface area contributed by atoms with E-state index in [0.717, 1.165) is 30.6 Å². The molecule has 0 spiro atoms. The van der Waals surface area contributed by atoms with Crippen LogP contribution in [0.4, 0.5) is 0 Å². The Morgan fingerprint density at radius 2 is 1.63 bits per heavy atom. The number of benzene rings is 1. The van der Waals surface area contributed by atoms with E-state index in [-0.39, 0.29) is 5.41 Å². The van der Waals surface area contributed by atoms with Crippen LogP contribution in [0.25, 0.3) is 0 Å². The van der Waals surface area contributed by atoms with Crippen LogP contribution < -0.4 is 0 Å². The van der Waals surface area contributed by atoms with Crippen molar-refractivity contribution < 1.29 is 0 Å². The molecule has 0 heterocycles. The summed E-state index contributed by atoms with van der Waals surface area (Å²) in [5.41, 5.74) is 7.54. The molecule has 5 atom stereocenters. The Labute approximate surface area is 219 Å². The summed E-state index contributed by atoms with van der Waals surface area (Å²) in [7, 11) is 0. The lowest BCUT2D eigenvalue weighted by Crippen LogP contribution is -2.24. The second-order valence-electron chi connectivity index (χ2n) is 13.1. The predicted molar refractivity (Wildman–Crippen MR) is 158 cm³/mol. The maximum absolute atomic E-state index is 4.72. The molecule has 0 N–H and O–H groups in total.